The summed E-state index contributed by atoms with van der Waals surface area (Å²) in [6.45, 7) is 1.89. The van der Waals surface area contributed by atoms with Gasteiger partial charge in [-0.1, -0.05) is 19.1 Å². The van der Waals surface area contributed by atoms with E-state index < -0.39 is 16.8 Å². The largest absolute Gasteiger partial charge is 0.497 e. The fraction of sp³-hybridized carbons (Fsp3) is 0.235. The third-order valence-corrected chi connectivity index (χ3v) is 3.48. The van der Waals surface area contributed by atoms with Crippen LogP contribution in [0.4, 0.5) is 5.69 Å². The Morgan fingerprint density at radius 2 is 1.65 bits per heavy atom. The Morgan fingerprint density at radius 1 is 1.09 bits per heavy atom. The first-order valence-corrected chi connectivity index (χ1v) is 7.15. The molecule has 0 amide bonds. The summed E-state index contributed by atoms with van der Waals surface area (Å²) in [6.07, 6.45) is 0.581. The Labute approximate surface area is 133 Å². The number of nitro groups is 1. The number of nitrogens with zero attached hydrogens (tertiary/aromatic N) is 1. The number of nitro benzene ring substituents is 1. The molecule has 0 radical (unpaired) electrons. The summed E-state index contributed by atoms with van der Waals surface area (Å²) in [6, 6.07) is 12.7. The molecule has 0 N–H and O–H groups in total. The second-order valence-electron chi connectivity index (χ2n) is 4.91. The van der Waals surface area contributed by atoms with Crippen molar-refractivity contribution in [2.75, 3.05) is 7.11 Å². The monoisotopic (exact) mass is 315 g/mol. The molecule has 0 aliphatic heterocycles. The van der Waals surface area contributed by atoms with Gasteiger partial charge in [-0.15, -0.1) is 0 Å². The van der Waals surface area contributed by atoms with Crippen LogP contribution in [0.25, 0.3) is 0 Å². The molecule has 0 spiro atoms. The van der Waals surface area contributed by atoms with E-state index in [9.17, 15) is 14.9 Å². The van der Waals surface area contributed by atoms with E-state index in [2.05, 4.69) is 0 Å². The molecule has 0 heterocycles. The first-order valence-electron chi connectivity index (χ1n) is 7.15. The molecule has 2 rings (SSSR count). The summed E-state index contributed by atoms with van der Waals surface area (Å²) in [7, 11) is 1.58. The van der Waals surface area contributed by atoms with Crippen LogP contribution in [0.5, 0.6) is 11.5 Å². The molecule has 2 aromatic carbocycles. The van der Waals surface area contributed by atoms with E-state index in [1.807, 2.05) is 19.1 Å². The Hall–Kier alpha value is -2.89. The van der Waals surface area contributed by atoms with Crippen molar-refractivity contribution in [2.45, 2.75) is 19.3 Å². The van der Waals surface area contributed by atoms with Crippen molar-refractivity contribution in [3.05, 3.63) is 64.2 Å². The zero-order valence-corrected chi connectivity index (χ0v) is 12.9. The molecule has 0 bridgehead atoms. The van der Waals surface area contributed by atoms with Crippen LogP contribution in [-0.4, -0.2) is 18.0 Å². The molecule has 0 aliphatic carbocycles. The highest BCUT2D eigenvalue weighted by molar-refractivity contribution is 5.80. The van der Waals surface area contributed by atoms with E-state index in [4.69, 9.17) is 9.47 Å². The number of hydrogen-bond donors (Lipinski definition) is 0. The van der Waals surface area contributed by atoms with Gasteiger partial charge in [-0.05, 0) is 36.2 Å². The highest BCUT2D eigenvalue weighted by Crippen LogP contribution is 2.25. The summed E-state index contributed by atoms with van der Waals surface area (Å²) in [5, 5.41) is 10.6. The molecule has 23 heavy (non-hydrogen) atoms. The highest BCUT2D eigenvalue weighted by Gasteiger charge is 2.21. The van der Waals surface area contributed by atoms with Crippen molar-refractivity contribution in [3.63, 3.8) is 0 Å². The van der Waals surface area contributed by atoms with Crippen LogP contribution in [-0.2, 0) is 4.79 Å². The summed E-state index contributed by atoms with van der Waals surface area (Å²) >= 11 is 0. The molecule has 0 aromatic heterocycles. The number of esters is 1. The van der Waals surface area contributed by atoms with Gasteiger partial charge < -0.3 is 9.47 Å². The first-order chi connectivity index (χ1) is 11.0. The first kappa shape index (κ1) is 16.5. The van der Waals surface area contributed by atoms with Gasteiger partial charge in [0.25, 0.3) is 5.69 Å². The van der Waals surface area contributed by atoms with Gasteiger partial charge in [0.15, 0.2) is 0 Å². The van der Waals surface area contributed by atoms with Crippen LogP contribution in [0.1, 0.15) is 24.8 Å². The zero-order valence-electron chi connectivity index (χ0n) is 12.9. The number of ether oxygens (including phenoxy) is 2. The number of hydrogen-bond acceptors (Lipinski definition) is 5. The van der Waals surface area contributed by atoms with Crippen molar-refractivity contribution in [2.24, 2.45) is 0 Å². The van der Waals surface area contributed by atoms with E-state index in [1.165, 1.54) is 24.3 Å². The maximum atomic E-state index is 12.3. The molecule has 0 aliphatic rings. The van der Waals surface area contributed by atoms with Gasteiger partial charge in [0.1, 0.15) is 11.5 Å². The number of non-ortho nitro benzene ring substituents is 1. The van der Waals surface area contributed by atoms with Crippen LogP contribution in [0.3, 0.4) is 0 Å². The Balaban J connectivity index is 2.11. The minimum atomic E-state index is -0.502. The van der Waals surface area contributed by atoms with Gasteiger partial charge in [0, 0.05) is 12.1 Å². The zero-order chi connectivity index (χ0) is 16.8. The van der Waals surface area contributed by atoms with Crippen LogP contribution in [0, 0.1) is 10.1 Å². The van der Waals surface area contributed by atoms with Crippen molar-refractivity contribution in [1.82, 2.24) is 0 Å². The lowest BCUT2D eigenvalue weighted by atomic mass is 9.96. The number of carbonyl (C=O) groups is 1. The van der Waals surface area contributed by atoms with Crippen molar-refractivity contribution in [3.8, 4) is 11.5 Å². The fourth-order valence-electron chi connectivity index (χ4n) is 2.20. The summed E-state index contributed by atoms with van der Waals surface area (Å²) in [4.78, 5) is 22.4. The van der Waals surface area contributed by atoms with Gasteiger partial charge in [-0.25, -0.2) is 0 Å². The minimum absolute atomic E-state index is 0.0491. The van der Waals surface area contributed by atoms with Crippen LogP contribution >= 0.6 is 0 Å². The lowest BCUT2D eigenvalue weighted by Crippen LogP contribution is -2.18. The quantitative estimate of drug-likeness (QED) is 0.351. The van der Waals surface area contributed by atoms with Crippen LogP contribution in [0.2, 0.25) is 0 Å². The molecule has 0 saturated heterocycles. The summed E-state index contributed by atoms with van der Waals surface area (Å²) < 4.78 is 10.4. The topological polar surface area (TPSA) is 78.7 Å². The average Bonchev–Trinajstić information content (AvgIpc) is 2.56. The van der Waals surface area contributed by atoms with E-state index in [-0.39, 0.29) is 11.4 Å². The van der Waals surface area contributed by atoms with Gasteiger partial charge in [-0.2, -0.15) is 0 Å². The standard InChI is InChI=1S/C17H17NO5/c1-3-16(12-4-8-14(22-2)9-5-12)17(19)23-15-10-6-13(7-11-15)18(20)21/h4-11,16H,3H2,1-2H3. The van der Waals surface area contributed by atoms with Gasteiger partial charge in [-0.3, -0.25) is 14.9 Å². The predicted molar refractivity (Wildman–Crippen MR) is 84.8 cm³/mol. The summed E-state index contributed by atoms with van der Waals surface area (Å²) in [5.41, 5.74) is 0.784. The molecule has 1 atom stereocenters. The van der Waals surface area contributed by atoms with Crippen molar-refractivity contribution >= 4 is 11.7 Å². The normalized spacial score (nSPS) is 11.6. The van der Waals surface area contributed by atoms with E-state index in [0.29, 0.717) is 12.2 Å². The maximum Gasteiger partial charge on any atom is 0.318 e. The Morgan fingerprint density at radius 3 is 2.13 bits per heavy atom. The molecule has 0 fully saturated rings. The third-order valence-electron chi connectivity index (χ3n) is 3.48. The molecule has 1 unspecified atom stereocenters. The molecule has 6 nitrogen and oxygen atoms in total. The number of carbonyl (C=O) groups excluding carboxylic acids is 1. The van der Waals surface area contributed by atoms with E-state index in [0.717, 1.165) is 5.56 Å². The highest BCUT2D eigenvalue weighted by atomic mass is 16.6. The second-order valence-corrected chi connectivity index (χ2v) is 4.91. The number of rotatable bonds is 6. The Bertz CT molecular complexity index is 679. The molecule has 120 valence electrons. The van der Waals surface area contributed by atoms with Gasteiger partial charge in [0.2, 0.25) is 0 Å². The smallest absolute Gasteiger partial charge is 0.318 e. The minimum Gasteiger partial charge on any atom is -0.497 e. The van der Waals surface area contributed by atoms with E-state index in [1.54, 1.807) is 19.2 Å². The Kier molecular flexibility index (Phi) is 5.30. The van der Waals surface area contributed by atoms with Crippen LogP contribution in [0.15, 0.2) is 48.5 Å². The third kappa shape index (κ3) is 4.06. The van der Waals surface area contributed by atoms with E-state index >= 15 is 0 Å². The van der Waals surface area contributed by atoms with Gasteiger partial charge in [0.05, 0.1) is 18.0 Å². The molecule has 0 saturated carbocycles. The number of methoxy groups -OCH3 is 1. The lowest BCUT2D eigenvalue weighted by molar-refractivity contribution is -0.384. The molecule has 6 heteroatoms. The molecular formula is C17H17NO5. The van der Waals surface area contributed by atoms with Crippen molar-refractivity contribution < 1.29 is 19.2 Å². The van der Waals surface area contributed by atoms with Gasteiger partial charge >= 0.3 is 5.97 Å². The predicted octanol–water partition coefficient (Wildman–Crippen LogP) is 3.70. The lowest BCUT2D eigenvalue weighted by Gasteiger charge is -2.14. The maximum absolute atomic E-state index is 12.3. The number of benzene rings is 2. The van der Waals surface area contributed by atoms with Crippen LogP contribution < -0.4 is 9.47 Å². The molecule has 2 aromatic rings. The van der Waals surface area contributed by atoms with Crippen molar-refractivity contribution in [1.29, 1.82) is 0 Å². The fourth-order valence-corrected chi connectivity index (χ4v) is 2.20. The SMILES string of the molecule is CCC(C(=O)Oc1ccc([N+](=O)[O-])cc1)c1ccc(OC)cc1. The second kappa shape index (κ2) is 7.40. The average molecular weight is 315 g/mol. The molecular weight excluding hydrogens is 298 g/mol. The summed E-state index contributed by atoms with van der Waals surface area (Å²) in [5.74, 6) is 0.197.